The van der Waals surface area contributed by atoms with Crippen LogP contribution in [-0.4, -0.2) is 15.6 Å². The highest BCUT2D eigenvalue weighted by molar-refractivity contribution is 6.33. The topological polar surface area (TPSA) is 76.0 Å². The number of nitrogens with one attached hydrogen (secondary N) is 2. The van der Waals surface area contributed by atoms with E-state index in [2.05, 4.69) is 15.6 Å². The van der Waals surface area contributed by atoms with Gasteiger partial charge in [0.2, 0.25) is 0 Å². The van der Waals surface area contributed by atoms with Gasteiger partial charge < -0.3 is 10.6 Å². The average molecular weight is 419 g/mol. The Morgan fingerprint density at radius 1 is 0.933 bits per heavy atom. The van der Waals surface area contributed by atoms with Gasteiger partial charge in [0, 0.05) is 5.69 Å². The number of carbonyl (C=O) groups is 1. The van der Waals surface area contributed by atoms with Crippen molar-refractivity contribution in [1.29, 1.82) is 0 Å². The summed E-state index contributed by atoms with van der Waals surface area (Å²) in [7, 11) is 0. The number of anilines is 2. The van der Waals surface area contributed by atoms with Gasteiger partial charge in [0.05, 0.1) is 27.3 Å². The first kappa shape index (κ1) is 19.7. The van der Waals surface area contributed by atoms with Gasteiger partial charge in [-0.3, -0.25) is 9.36 Å². The fraction of sp³-hybridized carbons (Fsp3) is 0.0870. The van der Waals surface area contributed by atoms with Crippen LogP contribution in [-0.2, 0) is 0 Å². The lowest BCUT2D eigenvalue weighted by molar-refractivity contribution is 0.262. The van der Waals surface area contributed by atoms with Gasteiger partial charge in [-0.05, 0) is 61.9 Å². The molecule has 3 aromatic carbocycles. The lowest BCUT2D eigenvalue weighted by Gasteiger charge is -2.14. The molecule has 0 fully saturated rings. The van der Waals surface area contributed by atoms with Gasteiger partial charge in [-0.15, -0.1) is 0 Å². The lowest BCUT2D eigenvalue weighted by atomic mass is 10.1. The monoisotopic (exact) mass is 418 g/mol. The molecule has 7 heteroatoms. The molecule has 0 atom stereocenters. The second-order valence-corrected chi connectivity index (χ2v) is 7.28. The maximum Gasteiger partial charge on any atom is 0.323 e. The Kier molecular flexibility index (Phi) is 5.25. The molecule has 0 bridgehead atoms. The Morgan fingerprint density at radius 3 is 2.40 bits per heavy atom. The van der Waals surface area contributed by atoms with Crippen LogP contribution in [0.3, 0.4) is 0 Å². The molecule has 0 spiro atoms. The van der Waals surface area contributed by atoms with Crippen molar-refractivity contribution < 1.29 is 4.79 Å². The van der Waals surface area contributed by atoms with Crippen LogP contribution >= 0.6 is 11.6 Å². The quantitative estimate of drug-likeness (QED) is 0.474. The number of rotatable bonds is 3. The van der Waals surface area contributed by atoms with Crippen molar-refractivity contribution in [2.24, 2.45) is 0 Å². The summed E-state index contributed by atoms with van der Waals surface area (Å²) >= 11 is 6.08. The molecule has 0 saturated heterocycles. The van der Waals surface area contributed by atoms with Gasteiger partial charge in [-0.1, -0.05) is 35.9 Å². The maximum atomic E-state index is 13.0. The third kappa shape index (κ3) is 3.77. The van der Waals surface area contributed by atoms with E-state index >= 15 is 0 Å². The van der Waals surface area contributed by atoms with E-state index in [0.717, 1.165) is 5.56 Å². The molecule has 1 heterocycles. The number of hydrogen-bond acceptors (Lipinski definition) is 3. The fourth-order valence-electron chi connectivity index (χ4n) is 3.31. The minimum atomic E-state index is -0.403. The van der Waals surface area contributed by atoms with Crippen LogP contribution < -0.4 is 16.2 Å². The number of urea groups is 1. The van der Waals surface area contributed by atoms with Crippen molar-refractivity contribution in [3.8, 4) is 5.69 Å². The minimum absolute atomic E-state index is 0.130. The molecule has 0 radical (unpaired) electrons. The second-order valence-electron chi connectivity index (χ2n) is 6.87. The molecule has 2 N–H and O–H groups in total. The van der Waals surface area contributed by atoms with Gasteiger partial charge in [-0.25, -0.2) is 9.78 Å². The smallest absolute Gasteiger partial charge is 0.307 e. The van der Waals surface area contributed by atoms with Crippen molar-refractivity contribution in [2.45, 2.75) is 13.8 Å². The first-order valence-corrected chi connectivity index (χ1v) is 9.74. The van der Waals surface area contributed by atoms with Crippen LogP contribution in [0.25, 0.3) is 16.6 Å². The molecule has 0 unspecified atom stereocenters. The summed E-state index contributed by atoms with van der Waals surface area (Å²) in [5.41, 5.74) is 3.18. The van der Waals surface area contributed by atoms with E-state index in [4.69, 9.17) is 11.6 Å². The Balaban J connectivity index is 1.63. The molecular weight excluding hydrogens is 400 g/mol. The van der Waals surface area contributed by atoms with Crippen LogP contribution in [0.1, 0.15) is 11.4 Å². The van der Waals surface area contributed by atoms with E-state index < -0.39 is 6.03 Å². The molecule has 150 valence electrons. The number of nitrogens with zero attached hydrogens (tertiary/aromatic N) is 2. The average Bonchev–Trinajstić information content (AvgIpc) is 2.72. The second kappa shape index (κ2) is 8.00. The van der Waals surface area contributed by atoms with Crippen LogP contribution in [0.5, 0.6) is 0 Å². The van der Waals surface area contributed by atoms with Crippen molar-refractivity contribution >= 4 is 39.9 Å². The molecular formula is C23H19ClN4O2. The third-order valence-electron chi connectivity index (χ3n) is 4.78. The van der Waals surface area contributed by atoms with E-state index in [1.807, 2.05) is 31.2 Å². The molecule has 30 heavy (non-hydrogen) atoms. The molecule has 0 aliphatic heterocycles. The fourth-order valence-corrected chi connectivity index (χ4v) is 3.50. The molecule has 4 aromatic rings. The highest BCUT2D eigenvalue weighted by Crippen LogP contribution is 2.23. The van der Waals surface area contributed by atoms with Gasteiger partial charge in [-0.2, -0.15) is 0 Å². The van der Waals surface area contributed by atoms with E-state index in [9.17, 15) is 9.59 Å². The summed E-state index contributed by atoms with van der Waals surface area (Å²) in [6.45, 7) is 3.66. The molecule has 4 rings (SSSR count). The van der Waals surface area contributed by atoms with Crippen LogP contribution in [0.4, 0.5) is 16.2 Å². The number of carbonyl (C=O) groups excluding carboxylic acids is 1. The first-order chi connectivity index (χ1) is 14.4. The van der Waals surface area contributed by atoms with E-state index in [1.165, 1.54) is 0 Å². The van der Waals surface area contributed by atoms with Crippen LogP contribution in [0, 0.1) is 13.8 Å². The summed E-state index contributed by atoms with van der Waals surface area (Å²) < 4.78 is 1.57. The number of aryl methyl sites for hydroxylation is 2. The summed E-state index contributed by atoms with van der Waals surface area (Å²) in [4.78, 5) is 29.9. The minimum Gasteiger partial charge on any atom is -0.307 e. The summed E-state index contributed by atoms with van der Waals surface area (Å²) in [6, 6.07) is 19.3. The van der Waals surface area contributed by atoms with Gasteiger partial charge in [0.15, 0.2) is 0 Å². The van der Waals surface area contributed by atoms with E-state index in [1.54, 1.807) is 54.0 Å². The molecule has 1 aromatic heterocycles. The van der Waals surface area contributed by atoms with Gasteiger partial charge in [0.1, 0.15) is 5.82 Å². The zero-order chi connectivity index (χ0) is 21.3. The summed E-state index contributed by atoms with van der Waals surface area (Å²) in [6.07, 6.45) is 0. The highest BCUT2D eigenvalue weighted by atomic mass is 35.5. The van der Waals surface area contributed by atoms with E-state index in [-0.39, 0.29) is 5.56 Å². The first-order valence-electron chi connectivity index (χ1n) is 9.36. The number of fused-ring (bicyclic) bond motifs is 1. The zero-order valence-corrected chi connectivity index (χ0v) is 17.2. The molecule has 0 aliphatic carbocycles. The predicted molar refractivity (Wildman–Crippen MR) is 121 cm³/mol. The van der Waals surface area contributed by atoms with Crippen molar-refractivity contribution in [3.63, 3.8) is 0 Å². The number of hydrogen-bond donors (Lipinski definition) is 2. The lowest BCUT2D eigenvalue weighted by Crippen LogP contribution is -2.23. The number of aromatic nitrogens is 2. The third-order valence-corrected chi connectivity index (χ3v) is 5.11. The Hall–Kier alpha value is -3.64. The molecule has 0 aliphatic rings. The number of amides is 2. The molecule has 0 saturated carbocycles. The standard InChI is InChI=1S/C23H19ClN4O2/c1-14-13-16(28-15(2)25-20-9-5-3-7-17(20)22(28)29)11-12-19(14)26-23(30)27-21-10-6-4-8-18(21)24/h3-13H,1-2H3,(H2,26,27,30). The van der Waals surface area contributed by atoms with Crippen LogP contribution in [0.2, 0.25) is 5.02 Å². The Morgan fingerprint density at radius 2 is 1.63 bits per heavy atom. The summed E-state index contributed by atoms with van der Waals surface area (Å²) in [5.74, 6) is 0.593. The SMILES string of the molecule is Cc1cc(-n2c(C)nc3ccccc3c2=O)ccc1NC(=O)Nc1ccccc1Cl. The van der Waals surface area contributed by atoms with Crippen molar-refractivity contribution in [2.75, 3.05) is 10.6 Å². The van der Waals surface area contributed by atoms with Crippen molar-refractivity contribution in [1.82, 2.24) is 9.55 Å². The highest BCUT2D eigenvalue weighted by Gasteiger charge is 2.12. The predicted octanol–water partition coefficient (Wildman–Crippen LogP) is 5.30. The Bertz CT molecular complexity index is 1330. The van der Waals surface area contributed by atoms with Crippen LogP contribution in [0.15, 0.2) is 71.5 Å². The van der Waals surface area contributed by atoms with Gasteiger partial charge in [0.25, 0.3) is 5.56 Å². The maximum absolute atomic E-state index is 13.0. The number of para-hydroxylation sites is 2. The van der Waals surface area contributed by atoms with Gasteiger partial charge >= 0.3 is 6.03 Å². The zero-order valence-electron chi connectivity index (χ0n) is 16.4. The van der Waals surface area contributed by atoms with E-state index in [0.29, 0.717) is 38.8 Å². The number of halogens is 1. The number of benzene rings is 3. The molecule has 2 amide bonds. The normalized spacial score (nSPS) is 10.8. The largest absolute Gasteiger partial charge is 0.323 e. The molecule has 6 nitrogen and oxygen atoms in total. The summed E-state index contributed by atoms with van der Waals surface area (Å²) in [5, 5.41) is 6.55. The Labute approximate surface area is 178 Å². The van der Waals surface area contributed by atoms with Crippen molar-refractivity contribution in [3.05, 3.63) is 93.5 Å².